The van der Waals surface area contributed by atoms with Crippen LogP contribution in [-0.2, 0) is 0 Å². The van der Waals surface area contributed by atoms with Gasteiger partial charge in [0.05, 0.1) is 11.0 Å². The Morgan fingerprint density at radius 3 is 2.71 bits per heavy atom. The summed E-state index contributed by atoms with van der Waals surface area (Å²) in [5.74, 6) is -0.522. The van der Waals surface area contributed by atoms with Gasteiger partial charge < -0.3 is 5.73 Å². The predicted molar refractivity (Wildman–Crippen MR) is 55.3 cm³/mol. The monoisotopic (exact) mass is 209 g/mol. The molecule has 2 aromatic rings. The van der Waals surface area contributed by atoms with Crippen LogP contribution >= 0.6 is 12.4 Å². The van der Waals surface area contributed by atoms with Gasteiger partial charge in [-0.25, -0.2) is 4.98 Å². The lowest BCUT2D eigenvalue weighted by Gasteiger charge is -1.97. The number of amides is 1. The number of carbonyl (C=O) groups is 1. The number of carbonyl (C=O) groups excluding carboxylic acids is 1. The number of aromatic nitrogens is 2. The van der Waals surface area contributed by atoms with E-state index >= 15 is 0 Å². The van der Waals surface area contributed by atoms with Crippen LogP contribution in [0.1, 0.15) is 10.5 Å². The first kappa shape index (κ1) is 10.4. The summed E-state index contributed by atoms with van der Waals surface area (Å²) in [5.41, 5.74) is 6.78. The topological polar surface area (TPSA) is 68.9 Å². The fraction of sp³-hybridized carbons (Fsp3) is 0. The predicted octanol–water partition coefficient (Wildman–Crippen LogP) is 1.15. The number of pyridine rings is 2. The van der Waals surface area contributed by atoms with E-state index in [4.69, 9.17) is 5.73 Å². The van der Waals surface area contributed by atoms with Crippen molar-refractivity contribution in [2.45, 2.75) is 0 Å². The molecule has 4 nitrogen and oxygen atoms in total. The van der Waals surface area contributed by atoms with Crippen molar-refractivity contribution in [3.8, 4) is 0 Å². The van der Waals surface area contributed by atoms with Crippen LogP contribution in [0.4, 0.5) is 0 Å². The fourth-order valence-corrected chi connectivity index (χ4v) is 1.09. The van der Waals surface area contributed by atoms with Crippen molar-refractivity contribution in [3.63, 3.8) is 0 Å². The minimum absolute atomic E-state index is 0. The second kappa shape index (κ2) is 4.02. The number of rotatable bonds is 1. The Balaban J connectivity index is 0.000000980. The average molecular weight is 210 g/mol. The largest absolute Gasteiger partial charge is 0.364 e. The molecule has 0 aliphatic heterocycles. The maximum Gasteiger partial charge on any atom is 0.267 e. The van der Waals surface area contributed by atoms with Crippen LogP contribution in [0.25, 0.3) is 11.0 Å². The molecule has 0 saturated heterocycles. The van der Waals surface area contributed by atoms with E-state index in [1.165, 1.54) is 0 Å². The number of nitrogens with two attached hydrogens (primary N) is 1. The zero-order valence-corrected chi connectivity index (χ0v) is 7.99. The lowest BCUT2D eigenvalue weighted by atomic mass is 10.3. The maximum atomic E-state index is 10.8. The Morgan fingerprint density at radius 2 is 2.00 bits per heavy atom. The van der Waals surface area contributed by atoms with Gasteiger partial charge >= 0.3 is 0 Å². The molecular formula is C9H8ClN3O. The summed E-state index contributed by atoms with van der Waals surface area (Å²) in [6, 6.07) is 6.84. The van der Waals surface area contributed by atoms with Crippen LogP contribution in [0.5, 0.6) is 0 Å². The van der Waals surface area contributed by atoms with Crippen LogP contribution in [0, 0.1) is 0 Å². The molecule has 0 bridgehead atoms. The number of hydrogen-bond donors (Lipinski definition) is 1. The van der Waals surface area contributed by atoms with Crippen LogP contribution < -0.4 is 5.73 Å². The molecule has 2 N–H and O–H groups in total. The van der Waals surface area contributed by atoms with Gasteiger partial charge in [0.2, 0.25) is 0 Å². The van der Waals surface area contributed by atoms with Crippen LogP contribution in [0.3, 0.4) is 0 Å². The van der Waals surface area contributed by atoms with Crippen molar-refractivity contribution >= 4 is 29.3 Å². The quantitative estimate of drug-likeness (QED) is 0.766. The third-order valence-electron chi connectivity index (χ3n) is 1.71. The first-order valence-corrected chi connectivity index (χ1v) is 3.79. The lowest BCUT2D eigenvalue weighted by molar-refractivity contribution is 0.0996. The highest BCUT2D eigenvalue weighted by Gasteiger charge is 2.02. The van der Waals surface area contributed by atoms with Gasteiger partial charge in [-0.3, -0.25) is 9.78 Å². The molecule has 2 aromatic heterocycles. The van der Waals surface area contributed by atoms with Gasteiger partial charge in [-0.1, -0.05) is 0 Å². The maximum absolute atomic E-state index is 10.8. The summed E-state index contributed by atoms with van der Waals surface area (Å²) in [4.78, 5) is 18.9. The number of nitrogens with zero attached hydrogens (tertiary/aromatic N) is 2. The lowest BCUT2D eigenvalue weighted by Crippen LogP contribution is -2.12. The highest BCUT2D eigenvalue weighted by Crippen LogP contribution is 2.08. The Bertz CT molecular complexity index is 472. The van der Waals surface area contributed by atoms with E-state index in [2.05, 4.69) is 9.97 Å². The molecule has 0 aliphatic rings. The Morgan fingerprint density at radius 1 is 1.21 bits per heavy atom. The third kappa shape index (κ3) is 1.80. The summed E-state index contributed by atoms with van der Waals surface area (Å²) >= 11 is 0. The van der Waals surface area contributed by atoms with Crippen molar-refractivity contribution in [2.24, 2.45) is 5.73 Å². The Kier molecular flexibility index (Phi) is 2.99. The smallest absolute Gasteiger partial charge is 0.267 e. The molecule has 0 unspecified atom stereocenters. The molecule has 14 heavy (non-hydrogen) atoms. The van der Waals surface area contributed by atoms with Crippen molar-refractivity contribution < 1.29 is 4.79 Å². The molecule has 2 heterocycles. The van der Waals surface area contributed by atoms with E-state index in [1.54, 1.807) is 30.5 Å². The molecule has 5 heteroatoms. The average Bonchev–Trinajstić information content (AvgIpc) is 2.17. The first-order chi connectivity index (χ1) is 6.27. The van der Waals surface area contributed by atoms with E-state index in [0.29, 0.717) is 5.52 Å². The van der Waals surface area contributed by atoms with Gasteiger partial charge in [-0.05, 0) is 24.3 Å². The molecule has 1 amide bonds. The zero-order valence-electron chi connectivity index (χ0n) is 7.18. The minimum Gasteiger partial charge on any atom is -0.364 e. The summed E-state index contributed by atoms with van der Waals surface area (Å²) in [6.45, 7) is 0. The van der Waals surface area contributed by atoms with Crippen LogP contribution in [-0.4, -0.2) is 15.9 Å². The fourth-order valence-electron chi connectivity index (χ4n) is 1.09. The molecule has 0 fully saturated rings. The SMILES string of the molecule is Cl.NC(=O)c1ccc2ncccc2n1. The zero-order chi connectivity index (χ0) is 9.26. The molecular weight excluding hydrogens is 202 g/mol. The summed E-state index contributed by atoms with van der Waals surface area (Å²) in [5, 5.41) is 0. The van der Waals surface area contributed by atoms with Gasteiger partial charge in [-0.2, -0.15) is 0 Å². The highest BCUT2D eigenvalue weighted by molar-refractivity contribution is 5.92. The van der Waals surface area contributed by atoms with Gasteiger partial charge in [0.25, 0.3) is 5.91 Å². The molecule has 2 rings (SSSR count). The second-order valence-corrected chi connectivity index (χ2v) is 2.60. The number of fused-ring (bicyclic) bond motifs is 1. The van der Waals surface area contributed by atoms with Crippen LogP contribution in [0.15, 0.2) is 30.5 Å². The third-order valence-corrected chi connectivity index (χ3v) is 1.71. The van der Waals surface area contributed by atoms with Crippen molar-refractivity contribution in [1.29, 1.82) is 0 Å². The van der Waals surface area contributed by atoms with Gasteiger partial charge in [0, 0.05) is 6.20 Å². The van der Waals surface area contributed by atoms with Gasteiger partial charge in [-0.15, -0.1) is 12.4 Å². The van der Waals surface area contributed by atoms with E-state index in [9.17, 15) is 4.79 Å². The van der Waals surface area contributed by atoms with E-state index in [0.717, 1.165) is 5.52 Å². The highest BCUT2D eigenvalue weighted by atomic mass is 35.5. The summed E-state index contributed by atoms with van der Waals surface area (Å²) < 4.78 is 0. The molecule has 72 valence electrons. The molecule has 0 aromatic carbocycles. The van der Waals surface area contributed by atoms with Crippen LogP contribution in [0.2, 0.25) is 0 Å². The van der Waals surface area contributed by atoms with Crippen molar-refractivity contribution in [1.82, 2.24) is 9.97 Å². The Hall–Kier alpha value is -1.68. The number of hydrogen-bond acceptors (Lipinski definition) is 3. The van der Waals surface area contributed by atoms with E-state index in [-0.39, 0.29) is 18.1 Å². The summed E-state index contributed by atoms with van der Waals surface area (Å²) in [7, 11) is 0. The normalized spacial score (nSPS) is 9.43. The molecule has 0 spiro atoms. The number of primary amides is 1. The molecule has 0 saturated carbocycles. The molecule has 0 atom stereocenters. The molecule has 0 radical (unpaired) electrons. The Labute approximate surface area is 86.6 Å². The standard InChI is InChI=1S/C9H7N3O.ClH/c10-9(13)8-4-3-6-7(12-8)2-1-5-11-6;/h1-5H,(H2,10,13);1H. The van der Waals surface area contributed by atoms with Crippen molar-refractivity contribution in [2.75, 3.05) is 0 Å². The second-order valence-electron chi connectivity index (χ2n) is 2.60. The number of halogens is 1. The van der Waals surface area contributed by atoms with E-state index in [1.807, 2.05) is 0 Å². The van der Waals surface area contributed by atoms with E-state index < -0.39 is 5.91 Å². The summed E-state index contributed by atoms with van der Waals surface area (Å²) in [6.07, 6.45) is 1.67. The van der Waals surface area contributed by atoms with Gasteiger partial charge in [0.1, 0.15) is 5.69 Å². The first-order valence-electron chi connectivity index (χ1n) is 3.79. The molecule has 0 aliphatic carbocycles. The van der Waals surface area contributed by atoms with Crippen molar-refractivity contribution in [3.05, 3.63) is 36.2 Å². The van der Waals surface area contributed by atoms with Gasteiger partial charge in [0.15, 0.2) is 0 Å². The minimum atomic E-state index is -0.522.